The first-order chi connectivity index (χ1) is 8.24. The lowest BCUT2D eigenvalue weighted by Crippen LogP contribution is -2.12. The molecule has 0 radical (unpaired) electrons. The smallest absolute Gasteiger partial charge is 0.195 e. The molecule has 0 saturated carbocycles. The van der Waals surface area contributed by atoms with Crippen LogP contribution in [0.15, 0.2) is 0 Å². The number of hydrogen-bond donors (Lipinski definition) is 1. The number of aromatic amines is 1. The van der Waals surface area contributed by atoms with E-state index in [1.54, 1.807) is 7.11 Å². The number of aromatic nitrogens is 3. The lowest BCUT2D eigenvalue weighted by atomic mass is 9.98. The summed E-state index contributed by atoms with van der Waals surface area (Å²) in [5.41, 5.74) is 0. The summed E-state index contributed by atoms with van der Waals surface area (Å²) in [6, 6.07) is 0. The van der Waals surface area contributed by atoms with E-state index in [4.69, 9.17) is 17.0 Å². The van der Waals surface area contributed by atoms with Crippen molar-refractivity contribution in [2.24, 2.45) is 0 Å². The second-order valence-electron chi connectivity index (χ2n) is 4.28. The van der Waals surface area contributed by atoms with E-state index >= 15 is 0 Å². The Labute approximate surface area is 108 Å². The average Bonchev–Trinajstić information content (AvgIpc) is 2.69. The molecule has 0 bridgehead atoms. The van der Waals surface area contributed by atoms with Gasteiger partial charge in [0.1, 0.15) is 5.82 Å². The highest BCUT2D eigenvalue weighted by molar-refractivity contribution is 7.71. The summed E-state index contributed by atoms with van der Waals surface area (Å²) in [5.74, 6) is 1.59. The van der Waals surface area contributed by atoms with Crippen LogP contribution in [-0.2, 0) is 11.3 Å². The highest BCUT2D eigenvalue weighted by atomic mass is 32.1. The highest BCUT2D eigenvalue weighted by Gasteiger charge is 2.16. The predicted molar refractivity (Wildman–Crippen MR) is 71.8 cm³/mol. The van der Waals surface area contributed by atoms with Gasteiger partial charge in [0.15, 0.2) is 4.77 Å². The number of unbranched alkanes of at least 4 members (excludes halogenated alkanes) is 1. The molecule has 1 atom stereocenters. The Morgan fingerprint density at radius 3 is 2.82 bits per heavy atom. The number of H-pyrrole nitrogens is 1. The molecular formula is C12H23N3OS. The van der Waals surface area contributed by atoms with Crippen LogP contribution in [0, 0.1) is 4.77 Å². The molecule has 0 fully saturated rings. The Hall–Kier alpha value is -0.680. The SMILES string of the molecule is CCCCC(CC)c1n[nH]c(=S)n1CCOC. The van der Waals surface area contributed by atoms with Crippen LogP contribution in [0.3, 0.4) is 0 Å². The van der Waals surface area contributed by atoms with Gasteiger partial charge in [-0.15, -0.1) is 0 Å². The zero-order valence-corrected chi connectivity index (χ0v) is 11.8. The molecular weight excluding hydrogens is 234 g/mol. The van der Waals surface area contributed by atoms with E-state index in [1.807, 2.05) is 0 Å². The number of nitrogens with zero attached hydrogens (tertiary/aromatic N) is 2. The minimum Gasteiger partial charge on any atom is -0.383 e. The molecule has 0 amide bonds. The van der Waals surface area contributed by atoms with Gasteiger partial charge in [-0.25, -0.2) is 0 Å². The van der Waals surface area contributed by atoms with E-state index in [0.717, 1.165) is 18.8 Å². The summed E-state index contributed by atoms with van der Waals surface area (Å²) in [5, 5.41) is 7.28. The summed E-state index contributed by atoms with van der Waals surface area (Å²) in [7, 11) is 1.71. The number of nitrogens with one attached hydrogen (secondary N) is 1. The van der Waals surface area contributed by atoms with Gasteiger partial charge in [0.05, 0.1) is 6.61 Å². The van der Waals surface area contributed by atoms with Crippen molar-refractivity contribution in [3.63, 3.8) is 0 Å². The molecule has 1 aromatic rings. The fourth-order valence-electron chi connectivity index (χ4n) is 2.01. The Kier molecular flexibility index (Phi) is 6.44. The van der Waals surface area contributed by atoms with Crippen molar-refractivity contribution in [3.8, 4) is 0 Å². The Morgan fingerprint density at radius 2 is 2.24 bits per heavy atom. The molecule has 1 rings (SSSR count). The van der Waals surface area contributed by atoms with Crippen molar-refractivity contribution in [2.75, 3.05) is 13.7 Å². The predicted octanol–water partition coefficient (Wildman–Crippen LogP) is 3.27. The highest BCUT2D eigenvalue weighted by Crippen LogP contribution is 2.23. The van der Waals surface area contributed by atoms with E-state index in [9.17, 15) is 0 Å². The Bertz CT molecular complexity index is 372. The average molecular weight is 257 g/mol. The summed E-state index contributed by atoms with van der Waals surface area (Å²) in [6.07, 6.45) is 4.74. The third-order valence-electron chi connectivity index (χ3n) is 3.07. The van der Waals surface area contributed by atoms with Crippen molar-refractivity contribution in [1.82, 2.24) is 14.8 Å². The third kappa shape index (κ3) is 3.92. The minimum absolute atomic E-state index is 0.500. The van der Waals surface area contributed by atoms with Gasteiger partial charge in [-0.05, 0) is 25.1 Å². The Balaban J connectivity index is 2.82. The lowest BCUT2D eigenvalue weighted by Gasteiger charge is -2.15. The van der Waals surface area contributed by atoms with Crippen LogP contribution in [0.25, 0.3) is 0 Å². The largest absolute Gasteiger partial charge is 0.383 e. The first-order valence-electron chi connectivity index (χ1n) is 6.38. The molecule has 4 nitrogen and oxygen atoms in total. The van der Waals surface area contributed by atoms with Gasteiger partial charge < -0.3 is 9.30 Å². The number of hydrogen-bond acceptors (Lipinski definition) is 3. The maximum absolute atomic E-state index is 5.26. The van der Waals surface area contributed by atoms with Crippen LogP contribution in [0.1, 0.15) is 51.3 Å². The standard InChI is InChI=1S/C12H23N3OS/c1-4-6-7-10(5-2)11-13-14-12(17)15(11)8-9-16-3/h10H,4-9H2,1-3H3,(H,14,17). The van der Waals surface area contributed by atoms with Crippen molar-refractivity contribution >= 4 is 12.2 Å². The molecule has 98 valence electrons. The summed E-state index contributed by atoms with van der Waals surface area (Å²) >= 11 is 5.26. The van der Waals surface area contributed by atoms with E-state index in [0.29, 0.717) is 17.3 Å². The molecule has 1 N–H and O–H groups in total. The minimum atomic E-state index is 0.500. The van der Waals surface area contributed by atoms with Gasteiger partial charge in [0.2, 0.25) is 0 Å². The molecule has 1 heterocycles. The first-order valence-corrected chi connectivity index (χ1v) is 6.79. The third-order valence-corrected chi connectivity index (χ3v) is 3.38. The molecule has 0 spiro atoms. The number of methoxy groups -OCH3 is 1. The van der Waals surface area contributed by atoms with E-state index < -0.39 is 0 Å². The van der Waals surface area contributed by atoms with Gasteiger partial charge in [-0.2, -0.15) is 5.10 Å². The fourth-order valence-corrected chi connectivity index (χ4v) is 2.24. The Morgan fingerprint density at radius 1 is 1.47 bits per heavy atom. The first kappa shape index (κ1) is 14.4. The van der Waals surface area contributed by atoms with Crippen LogP contribution < -0.4 is 0 Å². The maximum atomic E-state index is 5.26. The lowest BCUT2D eigenvalue weighted by molar-refractivity contribution is 0.185. The van der Waals surface area contributed by atoms with Crippen molar-refractivity contribution < 1.29 is 4.74 Å². The topological polar surface area (TPSA) is 42.8 Å². The quantitative estimate of drug-likeness (QED) is 0.727. The monoisotopic (exact) mass is 257 g/mol. The number of ether oxygens (including phenoxy) is 1. The van der Waals surface area contributed by atoms with E-state index in [2.05, 4.69) is 28.6 Å². The molecule has 0 aliphatic carbocycles. The zero-order chi connectivity index (χ0) is 12.7. The zero-order valence-electron chi connectivity index (χ0n) is 11.0. The molecule has 0 aliphatic rings. The molecule has 0 aliphatic heterocycles. The summed E-state index contributed by atoms with van der Waals surface area (Å²) < 4.78 is 7.88. The van der Waals surface area contributed by atoms with E-state index in [-0.39, 0.29) is 0 Å². The van der Waals surface area contributed by atoms with Crippen LogP contribution >= 0.6 is 12.2 Å². The molecule has 5 heteroatoms. The van der Waals surface area contributed by atoms with Crippen LogP contribution in [-0.4, -0.2) is 28.5 Å². The molecule has 1 unspecified atom stereocenters. The molecule has 0 aromatic carbocycles. The summed E-state index contributed by atoms with van der Waals surface area (Å²) in [6.45, 7) is 5.88. The van der Waals surface area contributed by atoms with Crippen molar-refractivity contribution in [3.05, 3.63) is 10.6 Å². The molecule has 1 aromatic heterocycles. The van der Waals surface area contributed by atoms with Crippen molar-refractivity contribution in [1.29, 1.82) is 0 Å². The molecule has 17 heavy (non-hydrogen) atoms. The fraction of sp³-hybridized carbons (Fsp3) is 0.833. The van der Waals surface area contributed by atoms with E-state index in [1.165, 1.54) is 19.3 Å². The van der Waals surface area contributed by atoms with Gasteiger partial charge in [-0.1, -0.05) is 26.7 Å². The van der Waals surface area contributed by atoms with Crippen LogP contribution in [0.5, 0.6) is 0 Å². The van der Waals surface area contributed by atoms with Crippen LogP contribution in [0.4, 0.5) is 0 Å². The number of rotatable bonds is 8. The van der Waals surface area contributed by atoms with Crippen LogP contribution in [0.2, 0.25) is 0 Å². The second-order valence-corrected chi connectivity index (χ2v) is 4.67. The van der Waals surface area contributed by atoms with Gasteiger partial charge >= 0.3 is 0 Å². The second kappa shape index (κ2) is 7.61. The molecule has 0 saturated heterocycles. The maximum Gasteiger partial charge on any atom is 0.195 e. The van der Waals surface area contributed by atoms with Gasteiger partial charge in [0.25, 0.3) is 0 Å². The van der Waals surface area contributed by atoms with Gasteiger partial charge in [0, 0.05) is 19.6 Å². The summed E-state index contributed by atoms with van der Waals surface area (Å²) in [4.78, 5) is 0. The normalized spacial score (nSPS) is 12.9. The van der Waals surface area contributed by atoms with Gasteiger partial charge in [-0.3, -0.25) is 5.10 Å². The van der Waals surface area contributed by atoms with Crippen molar-refractivity contribution in [2.45, 2.75) is 52.0 Å².